The summed E-state index contributed by atoms with van der Waals surface area (Å²) in [6, 6.07) is 16.2. The predicted octanol–water partition coefficient (Wildman–Crippen LogP) is 4.57. The van der Waals surface area contributed by atoms with Crippen molar-refractivity contribution in [1.82, 2.24) is 9.97 Å². The number of pyridine rings is 2. The average Bonchev–Trinajstić information content (AvgIpc) is 2.48. The fourth-order valence-corrected chi connectivity index (χ4v) is 2.46. The van der Waals surface area contributed by atoms with Crippen LogP contribution < -0.4 is 0 Å². The van der Waals surface area contributed by atoms with E-state index >= 15 is 0 Å². The Balaban J connectivity index is 2.12. The Kier molecular flexibility index (Phi) is 3.38. The highest BCUT2D eigenvalue weighted by atomic mass is 79.9. The summed E-state index contributed by atoms with van der Waals surface area (Å²) < 4.78 is 1.04. The second-order valence-electron chi connectivity index (χ2n) is 4.19. The van der Waals surface area contributed by atoms with Crippen LogP contribution >= 0.6 is 15.9 Å². The molecule has 0 N–H and O–H groups in total. The molecule has 0 unspecified atom stereocenters. The third kappa shape index (κ3) is 2.71. The fraction of sp³-hybridized carbons (Fsp3) is 0. The van der Waals surface area contributed by atoms with Crippen molar-refractivity contribution in [3.05, 3.63) is 71.6 Å². The van der Waals surface area contributed by atoms with Crippen molar-refractivity contribution in [3.63, 3.8) is 0 Å². The summed E-state index contributed by atoms with van der Waals surface area (Å²) in [6.07, 6.45) is 5.45. The number of rotatable bonds is 2. The first kappa shape index (κ1) is 12.1. The van der Waals surface area contributed by atoms with Gasteiger partial charge in [0, 0.05) is 34.2 Å². The van der Waals surface area contributed by atoms with Gasteiger partial charge in [-0.2, -0.15) is 0 Å². The topological polar surface area (TPSA) is 25.8 Å². The van der Waals surface area contributed by atoms with Gasteiger partial charge in [0.1, 0.15) is 0 Å². The van der Waals surface area contributed by atoms with Gasteiger partial charge in [0.15, 0.2) is 0 Å². The summed E-state index contributed by atoms with van der Waals surface area (Å²) >= 11 is 3.56. The van der Waals surface area contributed by atoms with Gasteiger partial charge in [0.05, 0.1) is 5.69 Å². The lowest BCUT2D eigenvalue weighted by Crippen LogP contribution is -1.85. The molecule has 2 nitrogen and oxygen atoms in total. The maximum absolute atomic E-state index is 4.39. The Morgan fingerprint density at radius 3 is 2.42 bits per heavy atom. The van der Waals surface area contributed by atoms with E-state index in [4.69, 9.17) is 0 Å². The number of aromatic nitrogens is 2. The lowest BCUT2D eigenvalue weighted by atomic mass is 10.0. The number of hydrogen-bond donors (Lipinski definition) is 0. The Morgan fingerprint density at radius 2 is 1.68 bits per heavy atom. The van der Waals surface area contributed by atoms with Crippen LogP contribution in [0, 0.1) is 0 Å². The summed E-state index contributed by atoms with van der Waals surface area (Å²) in [5.74, 6) is 0. The molecule has 0 spiro atoms. The molecule has 1 aromatic carbocycles. The first-order valence-corrected chi connectivity index (χ1v) is 6.74. The minimum Gasteiger partial charge on any atom is -0.264 e. The molecule has 3 rings (SSSR count). The van der Waals surface area contributed by atoms with Crippen LogP contribution in [0.2, 0.25) is 0 Å². The SMILES string of the molecule is Brc1cc(-c2cccnc2)cc(-c2ccccn2)c1. The van der Waals surface area contributed by atoms with Gasteiger partial charge in [0.25, 0.3) is 0 Å². The zero-order chi connectivity index (χ0) is 13.1. The third-order valence-corrected chi connectivity index (χ3v) is 3.31. The van der Waals surface area contributed by atoms with Crippen molar-refractivity contribution in [2.45, 2.75) is 0 Å². The maximum atomic E-state index is 4.39. The van der Waals surface area contributed by atoms with Crippen molar-refractivity contribution in [1.29, 1.82) is 0 Å². The number of halogens is 1. The highest BCUT2D eigenvalue weighted by Gasteiger charge is 2.04. The molecule has 92 valence electrons. The van der Waals surface area contributed by atoms with Crippen LogP contribution in [0.15, 0.2) is 71.6 Å². The standard InChI is InChI=1S/C16H11BrN2/c17-15-9-13(12-4-3-6-18-11-12)8-14(10-15)16-5-1-2-7-19-16/h1-11H. The van der Waals surface area contributed by atoms with Gasteiger partial charge in [0.2, 0.25) is 0 Å². The van der Waals surface area contributed by atoms with E-state index in [2.05, 4.69) is 50.2 Å². The smallest absolute Gasteiger partial charge is 0.0702 e. The Labute approximate surface area is 120 Å². The Hall–Kier alpha value is -2.00. The van der Waals surface area contributed by atoms with Gasteiger partial charge in [-0.3, -0.25) is 9.97 Å². The highest BCUT2D eigenvalue weighted by Crippen LogP contribution is 2.29. The van der Waals surface area contributed by atoms with Gasteiger partial charge >= 0.3 is 0 Å². The lowest BCUT2D eigenvalue weighted by molar-refractivity contribution is 1.31. The zero-order valence-corrected chi connectivity index (χ0v) is 11.7. The van der Waals surface area contributed by atoms with E-state index in [1.165, 1.54) is 0 Å². The van der Waals surface area contributed by atoms with Crippen molar-refractivity contribution in [2.75, 3.05) is 0 Å². The van der Waals surface area contributed by atoms with Crippen molar-refractivity contribution >= 4 is 15.9 Å². The monoisotopic (exact) mass is 310 g/mol. The second kappa shape index (κ2) is 5.33. The molecule has 3 heteroatoms. The Bertz CT molecular complexity index is 624. The molecule has 2 aromatic heterocycles. The van der Waals surface area contributed by atoms with Crippen LogP contribution in [0.3, 0.4) is 0 Å². The largest absolute Gasteiger partial charge is 0.264 e. The molecular formula is C16H11BrN2. The quantitative estimate of drug-likeness (QED) is 0.692. The summed E-state index contributed by atoms with van der Waals surface area (Å²) in [7, 11) is 0. The molecule has 0 saturated carbocycles. The number of nitrogens with zero attached hydrogens (tertiary/aromatic N) is 2. The molecule has 0 radical (unpaired) electrons. The maximum Gasteiger partial charge on any atom is 0.0702 e. The van der Waals surface area contributed by atoms with Crippen LogP contribution in [-0.2, 0) is 0 Å². The molecule has 0 fully saturated rings. The zero-order valence-electron chi connectivity index (χ0n) is 10.1. The molecule has 0 atom stereocenters. The van der Waals surface area contributed by atoms with Crippen molar-refractivity contribution in [2.24, 2.45) is 0 Å². The Morgan fingerprint density at radius 1 is 0.789 bits per heavy atom. The van der Waals surface area contributed by atoms with E-state index in [1.54, 1.807) is 12.4 Å². The van der Waals surface area contributed by atoms with E-state index in [-0.39, 0.29) is 0 Å². The van der Waals surface area contributed by atoms with E-state index < -0.39 is 0 Å². The first-order valence-electron chi connectivity index (χ1n) is 5.95. The molecule has 3 aromatic rings. The third-order valence-electron chi connectivity index (χ3n) is 2.85. The van der Waals surface area contributed by atoms with Gasteiger partial charge in [-0.15, -0.1) is 0 Å². The van der Waals surface area contributed by atoms with Crippen LogP contribution in [0.1, 0.15) is 0 Å². The minimum absolute atomic E-state index is 0.967. The molecule has 0 aliphatic carbocycles. The number of hydrogen-bond acceptors (Lipinski definition) is 2. The number of benzene rings is 1. The van der Waals surface area contributed by atoms with Gasteiger partial charge in [-0.05, 0) is 42.0 Å². The molecule has 0 aliphatic heterocycles. The lowest BCUT2D eigenvalue weighted by Gasteiger charge is -2.06. The highest BCUT2D eigenvalue weighted by molar-refractivity contribution is 9.10. The molecule has 0 aliphatic rings. The average molecular weight is 311 g/mol. The summed E-state index contributed by atoms with van der Waals surface area (Å²) in [4.78, 5) is 8.55. The van der Waals surface area contributed by atoms with Gasteiger partial charge < -0.3 is 0 Å². The molecule has 19 heavy (non-hydrogen) atoms. The molecule has 0 amide bonds. The second-order valence-corrected chi connectivity index (χ2v) is 5.10. The fourth-order valence-electron chi connectivity index (χ4n) is 1.97. The minimum atomic E-state index is 0.967. The van der Waals surface area contributed by atoms with Crippen molar-refractivity contribution < 1.29 is 0 Å². The van der Waals surface area contributed by atoms with Crippen molar-refractivity contribution in [3.8, 4) is 22.4 Å². The van der Waals surface area contributed by atoms with Crippen LogP contribution in [-0.4, -0.2) is 9.97 Å². The van der Waals surface area contributed by atoms with Crippen LogP contribution in [0.25, 0.3) is 22.4 Å². The molecule has 0 bridgehead atoms. The molecule has 2 heterocycles. The van der Waals surface area contributed by atoms with E-state index in [0.29, 0.717) is 0 Å². The summed E-state index contributed by atoms with van der Waals surface area (Å²) in [5, 5.41) is 0. The van der Waals surface area contributed by atoms with E-state index in [0.717, 1.165) is 26.9 Å². The van der Waals surface area contributed by atoms with E-state index in [1.807, 2.05) is 30.5 Å². The van der Waals surface area contributed by atoms with Crippen LogP contribution in [0.5, 0.6) is 0 Å². The summed E-state index contributed by atoms with van der Waals surface area (Å²) in [5.41, 5.74) is 4.28. The van der Waals surface area contributed by atoms with Crippen LogP contribution in [0.4, 0.5) is 0 Å². The normalized spacial score (nSPS) is 10.4. The first-order chi connectivity index (χ1) is 9.33. The van der Waals surface area contributed by atoms with E-state index in [9.17, 15) is 0 Å². The summed E-state index contributed by atoms with van der Waals surface area (Å²) in [6.45, 7) is 0. The molecular weight excluding hydrogens is 300 g/mol. The molecule has 0 saturated heterocycles. The predicted molar refractivity (Wildman–Crippen MR) is 80.6 cm³/mol. The van der Waals surface area contributed by atoms with Gasteiger partial charge in [-0.25, -0.2) is 0 Å². The van der Waals surface area contributed by atoms with Gasteiger partial charge in [-0.1, -0.05) is 28.1 Å².